The van der Waals surface area contributed by atoms with E-state index in [2.05, 4.69) is 4.98 Å². The maximum Gasteiger partial charge on any atom is 0.190 e. The number of hydrogen-bond acceptors (Lipinski definition) is 2. The van der Waals surface area contributed by atoms with Crippen molar-refractivity contribution in [1.82, 2.24) is 9.55 Å². The van der Waals surface area contributed by atoms with E-state index >= 15 is 0 Å². The molecular weight excluding hydrogens is 274 g/mol. The molecule has 0 N–H and O–H groups in total. The molecule has 1 aromatic carbocycles. The molecule has 3 nitrogen and oxygen atoms in total. The van der Waals surface area contributed by atoms with E-state index in [1.807, 2.05) is 11.6 Å². The van der Waals surface area contributed by atoms with Gasteiger partial charge in [-0.25, -0.2) is 13.8 Å². The number of halogens is 3. The smallest absolute Gasteiger partial charge is 0.190 e. The molecule has 0 bridgehead atoms. The molecule has 0 unspecified atom stereocenters. The fourth-order valence-electron chi connectivity index (χ4n) is 1.71. The lowest BCUT2D eigenvalue weighted by molar-refractivity contribution is 0.285. The normalized spacial score (nSPS) is 10.7. The van der Waals surface area contributed by atoms with E-state index in [1.54, 1.807) is 12.4 Å². The molecule has 0 saturated heterocycles. The second kappa shape index (κ2) is 6.02. The summed E-state index contributed by atoms with van der Waals surface area (Å²) in [6.45, 7) is 0.152. The van der Waals surface area contributed by atoms with Gasteiger partial charge in [0.15, 0.2) is 17.4 Å². The van der Waals surface area contributed by atoms with Gasteiger partial charge in [0.05, 0.1) is 6.61 Å². The number of rotatable bonds is 5. The van der Waals surface area contributed by atoms with Crippen LogP contribution in [-0.2, 0) is 19.3 Å². The summed E-state index contributed by atoms with van der Waals surface area (Å²) in [5.41, 5.74) is 0.383. The Bertz CT molecular complexity index is 549. The zero-order chi connectivity index (χ0) is 13.8. The quantitative estimate of drug-likeness (QED) is 0.790. The van der Waals surface area contributed by atoms with Crippen LogP contribution in [0.3, 0.4) is 0 Å². The average Bonchev–Trinajstić information content (AvgIpc) is 2.78. The number of benzene rings is 1. The second-order valence-corrected chi connectivity index (χ2v) is 4.34. The van der Waals surface area contributed by atoms with Crippen LogP contribution < -0.4 is 4.74 Å². The molecule has 2 rings (SSSR count). The van der Waals surface area contributed by atoms with Crippen molar-refractivity contribution in [3.63, 3.8) is 0 Å². The van der Waals surface area contributed by atoms with E-state index in [-0.39, 0.29) is 18.2 Å². The van der Waals surface area contributed by atoms with Crippen molar-refractivity contribution in [2.45, 2.75) is 12.3 Å². The van der Waals surface area contributed by atoms with Crippen LogP contribution in [0, 0.1) is 11.6 Å². The highest BCUT2D eigenvalue weighted by Crippen LogP contribution is 2.24. The molecule has 0 spiro atoms. The van der Waals surface area contributed by atoms with Crippen molar-refractivity contribution in [2.24, 2.45) is 7.05 Å². The van der Waals surface area contributed by atoms with Gasteiger partial charge in [0.2, 0.25) is 0 Å². The highest BCUT2D eigenvalue weighted by molar-refractivity contribution is 6.17. The second-order valence-electron chi connectivity index (χ2n) is 4.08. The maximum atomic E-state index is 13.6. The number of imidazole rings is 1. The minimum Gasteiger partial charge on any atom is -0.487 e. The predicted molar refractivity (Wildman–Crippen MR) is 68.3 cm³/mol. The summed E-state index contributed by atoms with van der Waals surface area (Å²) < 4.78 is 34.2. The first-order valence-electron chi connectivity index (χ1n) is 5.74. The Balaban J connectivity index is 2.02. The zero-order valence-corrected chi connectivity index (χ0v) is 11.1. The van der Waals surface area contributed by atoms with Gasteiger partial charge in [-0.15, -0.1) is 11.6 Å². The number of alkyl halides is 1. The first-order valence-corrected chi connectivity index (χ1v) is 6.28. The lowest BCUT2D eigenvalue weighted by Crippen LogP contribution is -2.08. The molecule has 0 atom stereocenters. The van der Waals surface area contributed by atoms with Crippen molar-refractivity contribution in [1.29, 1.82) is 0 Å². The Kier molecular flexibility index (Phi) is 4.37. The summed E-state index contributed by atoms with van der Waals surface area (Å²) in [6.07, 6.45) is 3.93. The number of ether oxygens (including phenoxy) is 1. The molecule has 0 aliphatic carbocycles. The van der Waals surface area contributed by atoms with Crippen molar-refractivity contribution in [2.75, 3.05) is 6.61 Å². The highest BCUT2D eigenvalue weighted by Gasteiger charge is 2.12. The number of aryl methyl sites for hydroxylation is 1. The standard InChI is InChI=1S/C13H13ClF2N2O/c1-18-4-3-17-12(18)2-5-19-13-10(15)6-9(8-14)7-11(13)16/h3-4,6-7H,2,5,8H2,1H3. The minimum absolute atomic E-state index is 0.0569. The van der Waals surface area contributed by atoms with Crippen LogP contribution in [0.2, 0.25) is 0 Å². The van der Waals surface area contributed by atoms with Crippen molar-refractivity contribution < 1.29 is 13.5 Å². The Hall–Kier alpha value is -1.62. The van der Waals surface area contributed by atoms with Crippen LogP contribution >= 0.6 is 11.6 Å². The summed E-state index contributed by atoms with van der Waals surface area (Å²) >= 11 is 5.53. The predicted octanol–water partition coefficient (Wildman–Crippen LogP) is 3.06. The Morgan fingerprint density at radius 3 is 2.53 bits per heavy atom. The lowest BCUT2D eigenvalue weighted by Gasteiger charge is -2.09. The largest absolute Gasteiger partial charge is 0.487 e. The summed E-state index contributed by atoms with van der Waals surface area (Å²) in [6, 6.07) is 2.35. The molecule has 0 amide bonds. The summed E-state index contributed by atoms with van der Waals surface area (Å²) in [4.78, 5) is 4.10. The average molecular weight is 287 g/mol. The summed E-state index contributed by atoms with van der Waals surface area (Å²) in [7, 11) is 1.85. The third-order valence-electron chi connectivity index (χ3n) is 2.71. The first-order chi connectivity index (χ1) is 9.11. The van der Waals surface area contributed by atoms with Crippen LogP contribution in [0.4, 0.5) is 8.78 Å². The minimum atomic E-state index is -0.740. The molecule has 0 saturated carbocycles. The summed E-state index contributed by atoms with van der Waals surface area (Å²) in [5.74, 6) is -1.01. The Morgan fingerprint density at radius 2 is 2.00 bits per heavy atom. The van der Waals surface area contributed by atoms with Gasteiger partial charge >= 0.3 is 0 Å². The molecule has 0 aliphatic rings. The third-order valence-corrected chi connectivity index (χ3v) is 3.01. The van der Waals surface area contributed by atoms with Crippen molar-refractivity contribution in [3.05, 3.63) is 47.5 Å². The molecule has 1 aromatic heterocycles. The van der Waals surface area contributed by atoms with Crippen molar-refractivity contribution >= 4 is 11.6 Å². The molecule has 0 aliphatic heterocycles. The first kappa shape index (κ1) is 13.8. The highest BCUT2D eigenvalue weighted by atomic mass is 35.5. The number of aromatic nitrogens is 2. The van der Waals surface area contributed by atoms with E-state index in [9.17, 15) is 8.78 Å². The van der Waals surface area contributed by atoms with Gasteiger partial charge in [-0.3, -0.25) is 0 Å². The number of hydrogen-bond donors (Lipinski definition) is 0. The maximum absolute atomic E-state index is 13.6. The molecule has 6 heteroatoms. The lowest BCUT2D eigenvalue weighted by atomic mass is 10.2. The van der Waals surface area contributed by atoms with Gasteiger partial charge in [-0.05, 0) is 17.7 Å². The van der Waals surface area contributed by atoms with E-state index in [0.29, 0.717) is 12.0 Å². The van der Waals surface area contributed by atoms with Gasteiger partial charge in [-0.1, -0.05) is 0 Å². The topological polar surface area (TPSA) is 27.1 Å². The van der Waals surface area contributed by atoms with E-state index in [4.69, 9.17) is 16.3 Å². The molecule has 102 valence electrons. The van der Waals surface area contributed by atoms with E-state index < -0.39 is 11.6 Å². The molecular formula is C13H13ClF2N2O. The van der Waals surface area contributed by atoms with Gasteiger partial charge in [0.1, 0.15) is 5.82 Å². The molecule has 19 heavy (non-hydrogen) atoms. The fourth-order valence-corrected chi connectivity index (χ4v) is 1.86. The van der Waals surface area contributed by atoms with Crippen LogP contribution in [0.5, 0.6) is 5.75 Å². The Labute approximate surface area is 114 Å². The van der Waals surface area contributed by atoms with Crippen molar-refractivity contribution in [3.8, 4) is 5.75 Å². The Morgan fingerprint density at radius 1 is 1.32 bits per heavy atom. The van der Waals surface area contributed by atoms with Crippen LogP contribution in [0.1, 0.15) is 11.4 Å². The molecule has 0 radical (unpaired) electrons. The van der Waals surface area contributed by atoms with Crippen LogP contribution in [-0.4, -0.2) is 16.2 Å². The molecule has 1 heterocycles. The van der Waals surface area contributed by atoms with Gasteiger partial charge in [0, 0.05) is 31.7 Å². The van der Waals surface area contributed by atoms with Gasteiger partial charge in [0.25, 0.3) is 0 Å². The van der Waals surface area contributed by atoms with Crippen LogP contribution in [0.25, 0.3) is 0 Å². The van der Waals surface area contributed by atoms with Crippen LogP contribution in [0.15, 0.2) is 24.5 Å². The number of nitrogens with zero attached hydrogens (tertiary/aromatic N) is 2. The van der Waals surface area contributed by atoms with Gasteiger partial charge < -0.3 is 9.30 Å². The fraction of sp³-hybridized carbons (Fsp3) is 0.308. The summed E-state index contributed by atoms with van der Waals surface area (Å²) in [5, 5.41) is 0. The SMILES string of the molecule is Cn1ccnc1CCOc1c(F)cc(CCl)cc1F. The van der Waals surface area contributed by atoms with E-state index in [0.717, 1.165) is 5.82 Å². The molecule has 0 fully saturated rings. The van der Waals surface area contributed by atoms with E-state index in [1.165, 1.54) is 12.1 Å². The van der Waals surface area contributed by atoms with Gasteiger partial charge in [-0.2, -0.15) is 0 Å². The monoisotopic (exact) mass is 286 g/mol. The molecule has 2 aromatic rings. The third kappa shape index (κ3) is 3.23. The zero-order valence-electron chi connectivity index (χ0n) is 10.4.